The highest BCUT2D eigenvalue weighted by Crippen LogP contribution is 2.42. The fourth-order valence-electron chi connectivity index (χ4n) is 10.7. The molecule has 5 saturated heterocycles. The van der Waals surface area contributed by atoms with Gasteiger partial charge in [-0.05, 0) is 45.9 Å². The van der Waals surface area contributed by atoms with Crippen LogP contribution >= 0.6 is 0 Å². The fourth-order valence-corrected chi connectivity index (χ4v) is 10.7. The Bertz CT molecular complexity index is 2240. The van der Waals surface area contributed by atoms with E-state index in [4.69, 9.17) is 66.3 Å². The molecule has 0 amide bonds. The minimum Gasteiger partial charge on any atom is -0.435 e. The molecule has 0 radical (unpaired) electrons. The molecule has 2 aromatic carbocycles. The third kappa shape index (κ3) is 13.9. The van der Waals surface area contributed by atoms with Crippen LogP contribution in [0.2, 0.25) is 0 Å². The van der Waals surface area contributed by atoms with E-state index >= 15 is 0 Å². The van der Waals surface area contributed by atoms with Gasteiger partial charge in [0.2, 0.25) is 12.6 Å². The third-order valence-corrected chi connectivity index (χ3v) is 15.6. The van der Waals surface area contributed by atoms with Crippen LogP contribution in [0.25, 0.3) is 20.9 Å². The lowest BCUT2D eigenvalue weighted by atomic mass is 9.82. The zero-order valence-corrected chi connectivity index (χ0v) is 43.9. The van der Waals surface area contributed by atoms with E-state index in [0.29, 0.717) is 5.56 Å². The molecule has 10 unspecified atom stereocenters. The van der Waals surface area contributed by atoms with Gasteiger partial charge in [-0.25, -0.2) is 0 Å². The van der Waals surface area contributed by atoms with E-state index in [1.54, 1.807) is 38.1 Å². The number of carbonyl (C=O) groups is 2. The molecule has 26 nitrogen and oxygen atoms in total. The zero-order valence-electron chi connectivity index (χ0n) is 43.9. The fraction of sp³-hybridized carbons (Fsp3) is 0.725. The molecule has 26 heteroatoms. The van der Waals surface area contributed by atoms with E-state index < -0.39 is 142 Å². The highest BCUT2D eigenvalue weighted by Gasteiger charge is 2.57. The van der Waals surface area contributed by atoms with Crippen molar-refractivity contribution in [1.82, 2.24) is 0 Å². The predicted octanol–water partition coefficient (Wildman–Crippen LogP) is 3.74. The molecule has 426 valence electrons. The normalized spacial score (nSPS) is 41.3. The molecule has 0 saturated carbocycles. The first-order chi connectivity index (χ1) is 37.2. The summed E-state index contributed by atoms with van der Waals surface area (Å²) in [7, 11) is 1.49. The highest BCUT2D eigenvalue weighted by atomic mass is 16.8. The second-order valence-electron chi connectivity index (χ2n) is 20.1. The van der Waals surface area contributed by atoms with Gasteiger partial charge in [0.15, 0.2) is 37.6 Å². The molecule has 2 aromatic rings. The summed E-state index contributed by atoms with van der Waals surface area (Å²) in [6.45, 7) is 9.54. The van der Waals surface area contributed by atoms with Crippen LogP contribution in [0.15, 0.2) is 70.9 Å². The van der Waals surface area contributed by atoms with Gasteiger partial charge < -0.3 is 86.7 Å². The molecule has 7 rings (SSSR count). The van der Waals surface area contributed by atoms with Crippen molar-refractivity contribution in [3.8, 4) is 0 Å². The van der Waals surface area contributed by atoms with Crippen LogP contribution in [0.3, 0.4) is 0 Å². The van der Waals surface area contributed by atoms with E-state index in [-0.39, 0.29) is 56.4 Å². The molecule has 77 heavy (non-hydrogen) atoms. The zero-order chi connectivity index (χ0) is 55.3. The van der Waals surface area contributed by atoms with Crippen LogP contribution in [-0.4, -0.2) is 177 Å². The lowest BCUT2D eigenvalue weighted by Crippen LogP contribution is -2.65. The molecular formula is C51H72N6O20. The number of rotatable bonds is 24. The summed E-state index contributed by atoms with van der Waals surface area (Å²) in [4.78, 5) is 30.5. The summed E-state index contributed by atoms with van der Waals surface area (Å²) in [6.07, 6.45) is -21.4. The van der Waals surface area contributed by atoms with Gasteiger partial charge in [-0.15, -0.1) is 0 Å². The van der Waals surface area contributed by atoms with Gasteiger partial charge in [-0.2, -0.15) is 0 Å². The summed E-state index contributed by atoms with van der Waals surface area (Å²) in [5.74, 6) is -2.77. The van der Waals surface area contributed by atoms with Crippen molar-refractivity contribution in [2.45, 2.75) is 172 Å². The molecule has 0 aliphatic carbocycles. The van der Waals surface area contributed by atoms with E-state index in [9.17, 15) is 41.1 Å². The van der Waals surface area contributed by atoms with Crippen molar-refractivity contribution >= 4 is 12.9 Å². The number of hydrogen-bond donors (Lipinski definition) is 4. The lowest BCUT2D eigenvalue weighted by molar-refractivity contribution is -0.400. The SMILES string of the molecule is CO[C@@H]1OC(CO)[C@H](OC2OC(OC=O)[C@H](O[C@@H]3OC(CO)[C@H](O[C@@H]4OC(OC=O)[C@H](O[C@@H]5OC(CO)[C@H](C)[C@H](C)C5N=[N+]=[N-])[C@H](C)C4OCc4ccccc4)[C@H](C)C3N=[N+]=[N-])[C@@H](OCc3ccccc3)[C@@H]2O)[C@H](C)C1C. The average molecular weight is 1090 g/mol. The van der Waals surface area contributed by atoms with Gasteiger partial charge in [0.1, 0.15) is 36.6 Å². The number of ether oxygens (including phenoxy) is 14. The number of hydrogen-bond acceptors (Lipinski definition) is 22. The van der Waals surface area contributed by atoms with Crippen molar-refractivity contribution < 1.29 is 96.3 Å². The number of nitrogens with zero attached hydrogens (tertiary/aromatic N) is 6. The van der Waals surface area contributed by atoms with Crippen molar-refractivity contribution in [1.29, 1.82) is 0 Å². The Hall–Kier alpha value is -4.64. The van der Waals surface area contributed by atoms with Crippen LogP contribution in [0.4, 0.5) is 0 Å². The molecule has 0 aromatic heterocycles. The molecule has 5 aliphatic heterocycles. The smallest absolute Gasteiger partial charge is 0.295 e. The predicted molar refractivity (Wildman–Crippen MR) is 262 cm³/mol. The van der Waals surface area contributed by atoms with Gasteiger partial charge in [-0.1, -0.05) is 112 Å². The van der Waals surface area contributed by atoms with Crippen molar-refractivity contribution in [2.75, 3.05) is 26.9 Å². The van der Waals surface area contributed by atoms with Crippen LogP contribution in [0.1, 0.15) is 52.7 Å². The maximum atomic E-state index is 12.2. The molecule has 4 N–H and O–H groups in total. The molecule has 0 spiro atoms. The largest absolute Gasteiger partial charge is 0.435 e. The van der Waals surface area contributed by atoms with Crippen LogP contribution < -0.4 is 0 Å². The number of benzene rings is 2. The van der Waals surface area contributed by atoms with Gasteiger partial charge in [-0.3, -0.25) is 9.59 Å². The average Bonchev–Trinajstić information content (AvgIpc) is 3.45. The summed E-state index contributed by atoms with van der Waals surface area (Å²) >= 11 is 0. The number of azide groups is 2. The van der Waals surface area contributed by atoms with Crippen LogP contribution in [-0.2, 0) is 89.1 Å². The number of methoxy groups -OCH3 is 1. The van der Waals surface area contributed by atoms with Crippen LogP contribution in [0.5, 0.6) is 0 Å². The summed E-state index contributed by atoms with van der Waals surface area (Å²) in [5, 5.41) is 51.9. The Labute approximate surface area is 445 Å². The Balaban J connectivity index is 1.17. The summed E-state index contributed by atoms with van der Waals surface area (Å²) < 4.78 is 86.8. The van der Waals surface area contributed by atoms with E-state index in [2.05, 4.69) is 20.1 Å². The topological polar surface area (TPSA) is 342 Å². The van der Waals surface area contributed by atoms with E-state index in [1.165, 1.54) is 7.11 Å². The molecule has 5 aliphatic rings. The van der Waals surface area contributed by atoms with Crippen molar-refractivity contribution in [3.05, 3.63) is 92.7 Å². The molecular weight excluding hydrogens is 1020 g/mol. The Morgan fingerprint density at radius 2 is 0.948 bits per heavy atom. The maximum absolute atomic E-state index is 12.2. The summed E-state index contributed by atoms with van der Waals surface area (Å²) in [6, 6.07) is 16.0. The number of aliphatic hydroxyl groups excluding tert-OH is 4. The monoisotopic (exact) mass is 1090 g/mol. The molecule has 25 atom stereocenters. The second-order valence-corrected chi connectivity index (χ2v) is 20.1. The van der Waals surface area contributed by atoms with Crippen molar-refractivity contribution in [3.63, 3.8) is 0 Å². The van der Waals surface area contributed by atoms with Crippen LogP contribution in [0, 0.1) is 35.5 Å². The number of carbonyl (C=O) groups excluding carboxylic acids is 2. The maximum Gasteiger partial charge on any atom is 0.295 e. The van der Waals surface area contributed by atoms with Gasteiger partial charge in [0, 0.05) is 28.8 Å². The first-order valence-corrected chi connectivity index (χ1v) is 25.8. The lowest BCUT2D eigenvalue weighted by Gasteiger charge is -2.51. The Morgan fingerprint density at radius 3 is 1.48 bits per heavy atom. The summed E-state index contributed by atoms with van der Waals surface area (Å²) in [5.41, 5.74) is 21.1. The molecule has 5 fully saturated rings. The molecule has 0 bridgehead atoms. The third-order valence-electron chi connectivity index (χ3n) is 15.6. The van der Waals surface area contributed by atoms with Gasteiger partial charge >= 0.3 is 0 Å². The first-order valence-electron chi connectivity index (χ1n) is 25.8. The Morgan fingerprint density at radius 1 is 0.494 bits per heavy atom. The highest BCUT2D eigenvalue weighted by molar-refractivity contribution is 5.37. The number of aliphatic hydroxyl groups is 4. The minimum absolute atomic E-state index is 0.0342. The molecule has 5 heterocycles. The quantitative estimate of drug-likeness (QED) is 0.0503. The van der Waals surface area contributed by atoms with E-state index in [1.807, 2.05) is 64.1 Å². The van der Waals surface area contributed by atoms with Crippen molar-refractivity contribution in [2.24, 2.45) is 45.7 Å². The van der Waals surface area contributed by atoms with E-state index in [0.717, 1.165) is 5.56 Å². The second kappa shape index (κ2) is 28.5. The minimum atomic E-state index is -1.67. The Kier molecular flexibility index (Phi) is 22.2. The van der Waals surface area contributed by atoms with Gasteiger partial charge in [0.25, 0.3) is 12.9 Å². The van der Waals surface area contributed by atoms with Gasteiger partial charge in [0.05, 0.1) is 63.4 Å². The first kappa shape index (κ1) is 60.0. The standard InChI is InChI=1S/C51H72N6O20/c1-25-26(2)36(54-56-52)46(69-33(25)18-58)74-42-30(6)41(65-21-31-14-10-8-11-15-31)51(77-49(42)67-23-61)73-40-29(5)37(55-57-53)47(71-35(40)20-60)75-44-43(66-22-32-16-12-9-13-17-32)38(63)48(76-50(44)68-24-62)72-39-27(3)28(4)45(64-7)70-34(39)19-59/h8-17,23-30,33-51,58-60,63H,18-22H2,1-7H3/t25-,26+,27-,28?,29-,30-,33?,34?,35?,36?,37?,38+,39-,40-,41?,42-,43+,44-,45-,46+,47+,48?,49?,50?,51-/m1/s1.